The second-order valence-corrected chi connectivity index (χ2v) is 5.63. The van der Waals surface area contributed by atoms with Gasteiger partial charge in [0.15, 0.2) is 0 Å². The molecule has 0 radical (unpaired) electrons. The number of carboxylic acids is 1. The number of carbonyl (C=O) groups is 3. The van der Waals surface area contributed by atoms with E-state index in [0.717, 1.165) is 0 Å². The second-order valence-electron chi connectivity index (χ2n) is 5.63. The number of piperidine rings is 1. The van der Waals surface area contributed by atoms with E-state index in [2.05, 4.69) is 15.0 Å². The standard InChI is InChI=1S/C15H19N3O5/c1-9-5-11(13(19)20)8-18(7-9)15(22)17-12-6-10(3-4-16-12)14(21)23-2/h3-4,6,9,11H,5,7-8H2,1-2H3,(H,19,20)(H,16,17,22). The lowest BCUT2D eigenvalue weighted by Gasteiger charge is -2.34. The molecule has 1 aliphatic rings. The Balaban J connectivity index is 2.06. The van der Waals surface area contributed by atoms with Gasteiger partial charge in [-0.1, -0.05) is 6.92 Å². The zero-order chi connectivity index (χ0) is 17.0. The number of esters is 1. The molecule has 1 aliphatic heterocycles. The Labute approximate surface area is 133 Å². The predicted octanol–water partition coefficient (Wildman–Crippen LogP) is 1.44. The van der Waals surface area contributed by atoms with E-state index in [1.165, 1.54) is 30.3 Å². The van der Waals surface area contributed by atoms with E-state index in [4.69, 9.17) is 5.11 Å². The average Bonchev–Trinajstić information content (AvgIpc) is 2.53. The van der Waals surface area contributed by atoms with E-state index in [0.29, 0.717) is 13.0 Å². The molecule has 8 nitrogen and oxygen atoms in total. The van der Waals surface area contributed by atoms with Gasteiger partial charge in [-0.25, -0.2) is 14.6 Å². The summed E-state index contributed by atoms with van der Waals surface area (Å²) in [6.45, 7) is 2.54. The van der Waals surface area contributed by atoms with Crippen LogP contribution in [0.25, 0.3) is 0 Å². The van der Waals surface area contributed by atoms with E-state index in [-0.39, 0.29) is 23.8 Å². The number of methoxy groups -OCH3 is 1. The third kappa shape index (κ3) is 4.18. The van der Waals surface area contributed by atoms with Crippen molar-refractivity contribution in [1.29, 1.82) is 0 Å². The van der Waals surface area contributed by atoms with Crippen LogP contribution in [0.15, 0.2) is 18.3 Å². The smallest absolute Gasteiger partial charge is 0.338 e. The summed E-state index contributed by atoms with van der Waals surface area (Å²) in [6.07, 6.45) is 1.94. The number of hydrogen-bond donors (Lipinski definition) is 2. The number of anilines is 1. The maximum Gasteiger partial charge on any atom is 0.338 e. The van der Waals surface area contributed by atoms with Crippen molar-refractivity contribution in [3.8, 4) is 0 Å². The molecule has 2 unspecified atom stereocenters. The van der Waals surface area contributed by atoms with Gasteiger partial charge in [-0.3, -0.25) is 10.1 Å². The number of ether oxygens (including phenoxy) is 1. The summed E-state index contributed by atoms with van der Waals surface area (Å²) in [4.78, 5) is 40.4. The van der Waals surface area contributed by atoms with Gasteiger partial charge in [-0.15, -0.1) is 0 Å². The summed E-state index contributed by atoms with van der Waals surface area (Å²) in [5.74, 6) is -1.69. The van der Waals surface area contributed by atoms with Crippen LogP contribution < -0.4 is 5.32 Å². The van der Waals surface area contributed by atoms with Crippen molar-refractivity contribution in [3.05, 3.63) is 23.9 Å². The Morgan fingerprint density at radius 2 is 2.13 bits per heavy atom. The minimum absolute atomic E-state index is 0.102. The number of urea groups is 1. The quantitative estimate of drug-likeness (QED) is 0.815. The van der Waals surface area contributed by atoms with E-state index in [9.17, 15) is 14.4 Å². The first-order valence-corrected chi connectivity index (χ1v) is 7.23. The highest BCUT2D eigenvalue weighted by atomic mass is 16.5. The first-order valence-electron chi connectivity index (χ1n) is 7.23. The lowest BCUT2D eigenvalue weighted by Crippen LogP contribution is -2.47. The third-order valence-electron chi connectivity index (χ3n) is 3.71. The molecule has 2 amide bonds. The Morgan fingerprint density at radius 3 is 2.78 bits per heavy atom. The molecule has 2 atom stereocenters. The zero-order valence-electron chi connectivity index (χ0n) is 13.0. The molecular formula is C15H19N3O5. The fourth-order valence-electron chi connectivity index (χ4n) is 2.63. The van der Waals surface area contributed by atoms with E-state index < -0.39 is 23.9 Å². The number of rotatable bonds is 3. The third-order valence-corrected chi connectivity index (χ3v) is 3.71. The highest BCUT2D eigenvalue weighted by Gasteiger charge is 2.32. The topological polar surface area (TPSA) is 109 Å². The maximum atomic E-state index is 12.3. The zero-order valence-corrected chi connectivity index (χ0v) is 13.0. The van der Waals surface area contributed by atoms with Gasteiger partial charge in [-0.2, -0.15) is 0 Å². The molecule has 2 rings (SSSR count). The number of nitrogens with one attached hydrogen (secondary N) is 1. The predicted molar refractivity (Wildman–Crippen MR) is 81.1 cm³/mol. The summed E-state index contributed by atoms with van der Waals surface area (Å²) in [5.41, 5.74) is 0.272. The molecule has 2 N–H and O–H groups in total. The summed E-state index contributed by atoms with van der Waals surface area (Å²) in [7, 11) is 1.27. The fraction of sp³-hybridized carbons (Fsp3) is 0.467. The average molecular weight is 321 g/mol. The van der Waals surface area contributed by atoms with Crippen LogP contribution >= 0.6 is 0 Å². The van der Waals surface area contributed by atoms with Crippen molar-refractivity contribution in [2.75, 3.05) is 25.5 Å². The van der Waals surface area contributed by atoms with Gasteiger partial charge in [-0.05, 0) is 24.5 Å². The number of nitrogens with zero attached hydrogens (tertiary/aromatic N) is 2. The Kier molecular flexibility index (Phi) is 5.15. The van der Waals surface area contributed by atoms with Crippen LogP contribution in [0, 0.1) is 11.8 Å². The van der Waals surface area contributed by atoms with Crippen LogP contribution in [-0.4, -0.2) is 53.2 Å². The molecule has 1 aromatic heterocycles. The lowest BCUT2D eigenvalue weighted by atomic mass is 9.91. The summed E-state index contributed by atoms with van der Waals surface area (Å²) < 4.78 is 4.61. The largest absolute Gasteiger partial charge is 0.481 e. The minimum Gasteiger partial charge on any atom is -0.481 e. The molecule has 0 saturated carbocycles. The molecule has 0 aromatic carbocycles. The molecule has 8 heteroatoms. The molecule has 0 aliphatic carbocycles. The van der Waals surface area contributed by atoms with Crippen LogP contribution in [0.2, 0.25) is 0 Å². The Hall–Kier alpha value is -2.64. The van der Waals surface area contributed by atoms with E-state index >= 15 is 0 Å². The van der Waals surface area contributed by atoms with Gasteiger partial charge in [0.2, 0.25) is 0 Å². The first-order chi connectivity index (χ1) is 10.9. The molecule has 23 heavy (non-hydrogen) atoms. The van der Waals surface area contributed by atoms with Crippen LogP contribution in [0.5, 0.6) is 0 Å². The van der Waals surface area contributed by atoms with E-state index in [1.54, 1.807) is 0 Å². The van der Waals surface area contributed by atoms with Crippen molar-refractivity contribution in [2.24, 2.45) is 11.8 Å². The number of likely N-dealkylation sites (tertiary alicyclic amines) is 1. The van der Waals surface area contributed by atoms with Crippen molar-refractivity contribution < 1.29 is 24.2 Å². The van der Waals surface area contributed by atoms with Crippen molar-refractivity contribution >= 4 is 23.8 Å². The number of aliphatic carboxylic acids is 1. The van der Waals surface area contributed by atoms with Crippen molar-refractivity contribution in [3.63, 3.8) is 0 Å². The normalized spacial score (nSPS) is 20.7. The highest BCUT2D eigenvalue weighted by molar-refractivity contribution is 5.93. The number of pyridine rings is 1. The van der Waals surface area contributed by atoms with Crippen molar-refractivity contribution in [2.45, 2.75) is 13.3 Å². The summed E-state index contributed by atoms with van der Waals surface area (Å²) >= 11 is 0. The van der Waals surface area contributed by atoms with Gasteiger partial charge < -0.3 is 14.7 Å². The van der Waals surface area contributed by atoms with Crippen LogP contribution in [0.1, 0.15) is 23.7 Å². The second kappa shape index (κ2) is 7.08. The summed E-state index contributed by atoms with van der Waals surface area (Å²) in [6, 6.07) is 2.45. The van der Waals surface area contributed by atoms with E-state index in [1.807, 2.05) is 6.92 Å². The Bertz CT molecular complexity index is 619. The molecule has 1 aromatic rings. The molecule has 1 saturated heterocycles. The van der Waals surface area contributed by atoms with Gasteiger partial charge in [0.05, 0.1) is 18.6 Å². The van der Waals surface area contributed by atoms with Gasteiger partial charge in [0, 0.05) is 19.3 Å². The van der Waals surface area contributed by atoms with Gasteiger partial charge in [0.1, 0.15) is 5.82 Å². The first kappa shape index (κ1) is 16.7. The van der Waals surface area contributed by atoms with Gasteiger partial charge in [0.25, 0.3) is 0 Å². The Morgan fingerprint density at radius 1 is 1.39 bits per heavy atom. The van der Waals surface area contributed by atoms with Gasteiger partial charge >= 0.3 is 18.0 Å². The number of carboxylic acid groups (broad SMARTS) is 1. The number of aromatic nitrogens is 1. The lowest BCUT2D eigenvalue weighted by molar-refractivity contribution is -0.143. The number of amides is 2. The van der Waals surface area contributed by atoms with Crippen LogP contribution in [-0.2, 0) is 9.53 Å². The molecule has 124 valence electrons. The molecule has 0 bridgehead atoms. The number of carbonyl (C=O) groups excluding carboxylic acids is 2. The SMILES string of the molecule is COC(=O)c1ccnc(NC(=O)N2CC(C)CC(C(=O)O)C2)c1. The fourth-order valence-corrected chi connectivity index (χ4v) is 2.63. The van der Waals surface area contributed by atoms with Crippen LogP contribution in [0.3, 0.4) is 0 Å². The molecular weight excluding hydrogens is 302 g/mol. The highest BCUT2D eigenvalue weighted by Crippen LogP contribution is 2.22. The molecule has 0 spiro atoms. The minimum atomic E-state index is -0.903. The molecule has 1 fully saturated rings. The molecule has 2 heterocycles. The number of hydrogen-bond acceptors (Lipinski definition) is 5. The summed E-state index contributed by atoms with van der Waals surface area (Å²) in [5, 5.41) is 11.7. The van der Waals surface area contributed by atoms with Crippen molar-refractivity contribution in [1.82, 2.24) is 9.88 Å². The maximum absolute atomic E-state index is 12.3. The van der Waals surface area contributed by atoms with Crippen LogP contribution in [0.4, 0.5) is 10.6 Å². The monoisotopic (exact) mass is 321 g/mol.